The summed E-state index contributed by atoms with van der Waals surface area (Å²) in [4.78, 5) is 12.2. The first-order valence-corrected chi connectivity index (χ1v) is 7.18. The molecule has 2 nitrogen and oxygen atoms in total. The molecule has 0 spiro atoms. The predicted molar refractivity (Wildman–Crippen MR) is 81.5 cm³/mol. The third-order valence-electron chi connectivity index (χ3n) is 3.78. The SMILES string of the molecule is CC1c2ccccc2C(=O)NC1c1ccc(Cl)cc1Cl. The zero-order valence-electron chi connectivity index (χ0n) is 10.9. The molecule has 0 radical (unpaired) electrons. The van der Waals surface area contributed by atoms with Crippen LogP contribution in [-0.4, -0.2) is 5.91 Å². The highest BCUT2D eigenvalue weighted by atomic mass is 35.5. The van der Waals surface area contributed by atoms with Gasteiger partial charge in [-0.2, -0.15) is 0 Å². The van der Waals surface area contributed by atoms with Crippen LogP contribution in [0.4, 0.5) is 0 Å². The largest absolute Gasteiger partial charge is 0.345 e. The molecule has 102 valence electrons. The summed E-state index contributed by atoms with van der Waals surface area (Å²) in [5.41, 5.74) is 2.68. The van der Waals surface area contributed by atoms with Gasteiger partial charge in [0.2, 0.25) is 0 Å². The third kappa shape index (κ3) is 2.19. The maximum Gasteiger partial charge on any atom is 0.252 e. The monoisotopic (exact) mass is 305 g/mol. The first-order valence-electron chi connectivity index (χ1n) is 6.42. The Bertz CT molecular complexity index is 684. The highest BCUT2D eigenvalue weighted by Crippen LogP contribution is 2.39. The zero-order valence-corrected chi connectivity index (χ0v) is 12.4. The van der Waals surface area contributed by atoms with Crippen LogP contribution >= 0.6 is 23.2 Å². The van der Waals surface area contributed by atoms with Gasteiger partial charge in [0.1, 0.15) is 0 Å². The lowest BCUT2D eigenvalue weighted by molar-refractivity contribution is 0.0916. The van der Waals surface area contributed by atoms with Gasteiger partial charge in [0, 0.05) is 21.5 Å². The van der Waals surface area contributed by atoms with Crippen LogP contribution < -0.4 is 5.32 Å². The highest BCUT2D eigenvalue weighted by molar-refractivity contribution is 6.35. The Labute approximate surface area is 127 Å². The Kier molecular flexibility index (Phi) is 3.45. The van der Waals surface area contributed by atoms with E-state index in [1.165, 1.54) is 0 Å². The summed E-state index contributed by atoms with van der Waals surface area (Å²) >= 11 is 12.2. The molecule has 2 unspecified atom stereocenters. The van der Waals surface area contributed by atoms with Crippen LogP contribution in [0.15, 0.2) is 42.5 Å². The Hall–Kier alpha value is -1.51. The molecule has 2 aromatic carbocycles. The second-order valence-corrected chi connectivity index (χ2v) is 5.84. The molecule has 0 bridgehead atoms. The molecule has 1 amide bonds. The van der Waals surface area contributed by atoms with E-state index in [0.29, 0.717) is 10.0 Å². The molecule has 0 fully saturated rings. The van der Waals surface area contributed by atoms with Crippen molar-refractivity contribution in [2.24, 2.45) is 0 Å². The minimum Gasteiger partial charge on any atom is -0.345 e. The molecule has 1 N–H and O–H groups in total. The van der Waals surface area contributed by atoms with E-state index in [0.717, 1.165) is 16.7 Å². The smallest absolute Gasteiger partial charge is 0.252 e. The summed E-state index contributed by atoms with van der Waals surface area (Å²) in [6.07, 6.45) is 0. The van der Waals surface area contributed by atoms with E-state index >= 15 is 0 Å². The van der Waals surface area contributed by atoms with Crippen molar-refractivity contribution in [3.05, 3.63) is 69.2 Å². The molecule has 20 heavy (non-hydrogen) atoms. The van der Waals surface area contributed by atoms with Crippen molar-refractivity contribution in [3.8, 4) is 0 Å². The molecule has 3 rings (SSSR count). The summed E-state index contributed by atoms with van der Waals surface area (Å²) in [6.45, 7) is 2.09. The first-order chi connectivity index (χ1) is 9.58. The summed E-state index contributed by atoms with van der Waals surface area (Å²) in [5.74, 6) is 0.0947. The fraction of sp³-hybridized carbons (Fsp3) is 0.188. The number of carbonyl (C=O) groups excluding carboxylic acids is 1. The topological polar surface area (TPSA) is 29.1 Å². The Balaban J connectivity index is 2.07. The molecule has 1 aliphatic rings. The van der Waals surface area contributed by atoms with E-state index < -0.39 is 0 Å². The minimum atomic E-state index is -0.137. The van der Waals surface area contributed by atoms with Gasteiger partial charge in [-0.25, -0.2) is 0 Å². The second-order valence-electron chi connectivity index (χ2n) is 4.99. The van der Waals surface area contributed by atoms with Crippen LogP contribution in [0.2, 0.25) is 10.0 Å². The molecule has 2 aromatic rings. The van der Waals surface area contributed by atoms with Crippen molar-refractivity contribution in [1.29, 1.82) is 0 Å². The van der Waals surface area contributed by atoms with Gasteiger partial charge in [-0.1, -0.05) is 54.4 Å². The Morgan fingerprint density at radius 3 is 2.55 bits per heavy atom. The van der Waals surface area contributed by atoms with E-state index in [4.69, 9.17) is 23.2 Å². The molecule has 0 aromatic heterocycles. The number of halogens is 2. The standard InChI is InChI=1S/C16H13Cl2NO/c1-9-11-4-2-3-5-12(11)16(20)19-15(9)13-7-6-10(17)8-14(13)18/h2-9,15H,1H3,(H,19,20). The minimum absolute atomic E-state index is 0.0604. The number of hydrogen-bond donors (Lipinski definition) is 1. The average Bonchev–Trinajstić information content (AvgIpc) is 2.43. The van der Waals surface area contributed by atoms with E-state index in [2.05, 4.69) is 12.2 Å². The van der Waals surface area contributed by atoms with Gasteiger partial charge in [-0.3, -0.25) is 4.79 Å². The number of fused-ring (bicyclic) bond motifs is 1. The van der Waals surface area contributed by atoms with Crippen molar-refractivity contribution in [1.82, 2.24) is 5.32 Å². The van der Waals surface area contributed by atoms with Crippen LogP contribution in [0.25, 0.3) is 0 Å². The number of rotatable bonds is 1. The second kappa shape index (κ2) is 5.12. The quantitative estimate of drug-likeness (QED) is 0.821. The van der Waals surface area contributed by atoms with Crippen LogP contribution in [0.3, 0.4) is 0 Å². The van der Waals surface area contributed by atoms with Crippen molar-refractivity contribution < 1.29 is 4.79 Å². The summed E-state index contributed by atoms with van der Waals surface area (Å²) in [7, 11) is 0. The number of benzene rings is 2. The molecule has 0 saturated carbocycles. The maximum absolute atomic E-state index is 12.2. The van der Waals surface area contributed by atoms with Gasteiger partial charge in [-0.15, -0.1) is 0 Å². The van der Waals surface area contributed by atoms with E-state index in [-0.39, 0.29) is 17.9 Å². The molecule has 0 aliphatic carbocycles. The maximum atomic E-state index is 12.2. The van der Waals surface area contributed by atoms with E-state index in [1.54, 1.807) is 12.1 Å². The third-order valence-corrected chi connectivity index (χ3v) is 4.34. The van der Waals surface area contributed by atoms with Gasteiger partial charge in [0.15, 0.2) is 0 Å². The summed E-state index contributed by atoms with van der Waals surface area (Å²) < 4.78 is 0. The van der Waals surface area contributed by atoms with Crippen molar-refractivity contribution in [3.63, 3.8) is 0 Å². The van der Waals surface area contributed by atoms with Crippen LogP contribution in [0, 0.1) is 0 Å². The lowest BCUT2D eigenvalue weighted by atomic mass is 9.82. The fourth-order valence-corrected chi connectivity index (χ4v) is 3.25. The number of carbonyl (C=O) groups is 1. The van der Waals surface area contributed by atoms with E-state index in [1.807, 2.05) is 30.3 Å². The molecule has 1 heterocycles. The van der Waals surface area contributed by atoms with Gasteiger partial charge in [0.25, 0.3) is 5.91 Å². The Morgan fingerprint density at radius 2 is 1.80 bits per heavy atom. The van der Waals surface area contributed by atoms with Crippen molar-refractivity contribution in [2.75, 3.05) is 0 Å². The van der Waals surface area contributed by atoms with Gasteiger partial charge in [-0.05, 0) is 29.3 Å². The number of amides is 1. The lowest BCUT2D eigenvalue weighted by Crippen LogP contribution is -2.37. The number of nitrogens with one attached hydrogen (secondary N) is 1. The van der Waals surface area contributed by atoms with Gasteiger partial charge < -0.3 is 5.32 Å². The molecular weight excluding hydrogens is 293 g/mol. The molecule has 4 heteroatoms. The lowest BCUT2D eigenvalue weighted by Gasteiger charge is -2.32. The fourth-order valence-electron chi connectivity index (χ4n) is 2.73. The van der Waals surface area contributed by atoms with Crippen LogP contribution in [-0.2, 0) is 0 Å². The number of hydrogen-bond acceptors (Lipinski definition) is 1. The normalized spacial score (nSPS) is 21.2. The first kappa shape index (κ1) is 13.5. The van der Waals surface area contributed by atoms with Crippen molar-refractivity contribution in [2.45, 2.75) is 18.9 Å². The zero-order chi connectivity index (χ0) is 14.3. The predicted octanol–water partition coefficient (Wildman–Crippen LogP) is 4.58. The summed E-state index contributed by atoms with van der Waals surface area (Å²) in [5, 5.41) is 4.20. The van der Waals surface area contributed by atoms with Crippen LogP contribution in [0.1, 0.15) is 40.4 Å². The summed E-state index contributed by atoms with van der Waals surface area (Å²) in [6, 6.07) is 12.9. The highest BCUT2D eigenvalue weighted by Gasteiger charge is 2.32. The Morgan fingerprint density at radius 1 is 1.05 bits per heavy atom. The van der Waals surface area contributed by atoms with Crippen LogP contribution in [0.5, 0.6) is 0 Å². The molecule has 0 saturated heterocycles. The van der Waals surface area contributed by atoms with Gasteiger partial charge >= 0.3 is 0 Å². The average molecular weight is 306 g/mol. The van der Waals surface area contributed by atoms with Gasteiger partial charge in [0.05, 0.1) is 6.04 Å². The molecule has 1 aliphatic heterocycles. The molecule has 2 atom stereocenters. The van der Waals surface area contributed by atoms with Crippen molar-refractivity contribution >= 4 is 29.1 Å². The van der Waals surface area contributed by atoms with E-state index in [9.17, 15) is 4.79 Å². The molecular formula is C16H13Cl2NO.